The molecule has 33 heavy (non-hydrogen) atoms. The molecule has 1 saturated heterocycles. The van der Waals surface area contributed by atoms with Crippen LogP contribution in [0.25, 0.3) is 0 Å². The number of hydrogen-bond acceptors (Lipinski definition) is 4. The molecule has 7 heteroatoms. The fraction of sp³-hybridized carbons (Fsp3) is 0.692. The molecule has 2 amide bonds. The van der Waals surface area contributed by atoms with Gasteiger partial charge in [0.25, 0.3) is 5.91 Å². The summed E-state index contributed by atoms with van der Waals surface area (Å²) < 4.78 is 13.4. The molecule has 3 unspecified atom stereocenters. The second-order valence-corrected chi connectivity index (χ2v) is 10.6. The van der Waals surface area contributed by atoms with Gasteiger partial charge in [0.2, 0.25) is 5.91 Å². The zero-order valence-corrected chi connectivity index (χ0v) is 21.2. The van der Waals surface area contributed by atoms with E-state index in [0.29, 0.717) is 17.2 Å². The molecule has 3 rings (SSSR count). The molecule has 0 aromatic heterocycles. The Morgan fingerprint density at radius 3 is 2.45 bits per heavy atom. The third-order valence-electron chi connectivity index (χ3n) is 7.11. The Bertz CT molecular complexity index is 765. The molecule has 1 aliphatic carbocycles. The van der Waals surface area contributed by atoms with E-state index in [0.717, 1.165) is 45.3 Å². The predicted molar refractivity (Wildman–Crippen MR) is 134 cm³/mol. The van der Waals surface area contributed by atoms with Crippen molar-refractivity contribution in [2.24, 2.45) is 5.92 Å². The van der Waals surface area contributed by atoms with Crippen molar-refractivity contribution in [2.45, 2.75) is 83.2 Å². The van der Waals surface area contributed by atoms with Crippen molar-refractivity contribution in [3.05, 3.63) is 35.6 Å². The van der Waals surface area contributed by atoms with Crippen LogP contribution in [0.5, 0.6) is 0 Å². The minimum Gasteiger partial charge on any atom is -0.352 e. The highest BCUT2D eigenvalue weighted by Crippen LogP contribution is 2.41. The summed E-state index contributed by atoms with van der Waals surface area (Å²) in [6, 6.07) is 5.28. The monoisotopic (exact) mass is 477 g/mol. The van der Waals surface area contributed by atoms with Gasteiger partial charge in [0.1, 0.15) is 11.9 Å². The standard InChI is InChI=1S/C26H40FN3O2S/c1-4-29(5-2)17-9-10-19(3)28-24(31)23-18-33-26(21-11-7-6-8-12-21)30(23)25(32)20-13-15-22(27)16-14-20/h13-16,19,21,23,26H,4-12,17-18H2,1-3H3,(H,28,31). The highest BCUT2D eigenvalue weighted by Gasteiger charge is 2.45. The molecule has 0 radical (unpaired) electrons. The van der Waals surface area contributed by atoms with Gasteiger partial charge in [-0.3, -0.25) is 9.59 Å². The Labute approximate surface area is 202 Å². The van der Waals surface area contributed by atoms with Gasteiger partial charge in [-0.2, -0.15) is 0 Å². The van der Waals surface area contributed by atoms with E-state index in [9.17, 15) is 14.0 Å². The van der Waals surface area contributed by atoms with Crippen LogP contribution in [0.15, 0.2) is 24.3 Å². The minimum atomic E-state index is -0.482. The van der Waals surface area contributed by atoms with Crippen LogP contribution >= 0.6 is 11.8 Å². The molecule has 1 aromatic rings. The van der Waals surface area contributed by atoms with E-state index in [2.05, 4.69) is 24.1 Å². The van der Waals surface area contributed by atoms with Crippen LogP contribution < -0.4 is 5.32 Å². The lowest BCUT2D eigenvalue weighted by atomic mass is 9.88. The first kappa shape index (κ1) is 26.0. The first-order valence-electron chi connectivity index (χ1n) is 12.7. The predicted octanol–water partition coefficient (Wildman–Crippen LogP) is 4.92. The molecular weight excluding hydrogens is 437 g/mol. The number of thioether (sulfide) groups is 1. The summed E-state index contributed by atoms with van der Waals surface area (Å²) in [6.07, 6.45) is 7.75. The van der Waals surface area contributed by atoms with Gasteiger partial charge in [0.05, 0.1) is 5.37 Å². The number of hydrogen-bond donors (Lipinski definition) is 1. The Kier molecular flexibility index (Phi) is 10.0. The molecule has 1 N–H and O–H groups in total. The number of rotatable bonds is 10. The molecule has 2 aliphatic rings. The molecule has 0 bridgehead atoms. The maximum absolute atomic E-state index is 13.5. The second-order valence-electron chi connectivity index (χ2n) is 9.44. The quantitative estimate of drug-likeness (QED) is 0.520. The highest BCUT2D eigenvalue weighted by molar-refractivity contribution is 8.00. The van der Waals surface area contributed by atoms with Gasteiger partial charge in [-0.1, -0.05) is 33.1 Å². The fourth-order valence-corrected chi connectivity index (χ4v) is 6.72. The third kappa shape index (κ3) is 6.95. The largest absolute Gasteiger partial charge is 0.352 e. The summed E-state index contributed by atoms with van der Waals surface area (Å²) in [5, 5.41) is 3.19. The van der Waals surface area contributed by atoms with E-state index in [1.165, 1.54) is 43.5 Å². The molecule has 5 nitrogen and oxygen atoms in total. The molecular formula is C26H40FN3O2S. The Morgan fingerprint density at radius 1 is 1.15 bits per heavy atom. The van der Waals surface area contributed by atoms with Crippen LogP contribution in [-0.4, -0.2) is 64.5 Å². The molecule has 1 saturated carbocycles. The van der Waals surface area contributed by atoms with Gasteiger partial charge < -0.3 is 15.1 Å². The SMILES string of the molecule is CCN(CC)CCCC(C)NC(=O)C1CSC(C2CCCCC2)N1C(=O)c1ccc(F)cc1. The lowest BCUT2D eigenvalue weighted by molar-refractivity contribution is -0.125. The number of carbonyl (C=O) groups excluding carboxylic acids is 2. The second kappa shape index (κ2) is 12.7. The van der Waals surface area contributed by atoms with Gasteiger partial charge >= 0.3 is 0 Å². The lowest BCUT2D eigenvalue weighted by Gasteiger charge is -2.35. The topological polar surface area (TPSA) is 52.7 Å². The van der Waals surface area contributed by atoms with Crippen LogP contribution in [0, 0.1) is 11.7 Å². The van der Waals surface area contributed by atoms with Gasteiger partial charge in [-0.25, -0.2) is 4.39 Å². The Hall–Kier alpha value is -1.60. The smallest absolute Gasteiger partial charge is 0.255 e. The summed E-state index contributed by atoms with van der Waals surface area (Å²) in [6.45, 7) is 9.50. The van der Waals surface area contributed by atoms with Crippen molar-refractivity contribution < 1.29 is 14.0 Å². The number of benzene rings is 1. The summed E-state index contributed by atoms with van der Waals surface area (Å²) in [4.78, 5) is 31.0. The van der Waals surface area contributed by atoms with Crippen LogP contribution in [0.2, 0.25) is 0 Å². The van der Waals surface area contributed by atoms with E-state index in [-0.39, 0.29) is 29.0 Å². The molecule has 1 aromatic carbocycles. The molecule has 0 spiro atoms. The van der Waals surface area contributed by atoms with Crippen LogP contribution in [0.1, 0.15) is 76.1 Å². The summed E-state index contributed by atoms with van der Waals surface area (Å²) >= 11 is 1.74. The van der Waals surface area contributed by atoms with Crippen molar-refractivity contribution in [2.75, 3.05) is 25.4 Å². The average molecular weight is 478 g/mol. The Morgan fingerprint density at radius 2 is 1.82 bits per heavy atom. The molecule has 1 aliphatic heterocycles. The van der Waals surface area contributed by atoms with E-state index in [4.69, 9.17) is 0 Å². The van der Waals surface area contributed by atoms with Crippen molar-refractivity contribution in [3.63, 3.8) is 0 Å². The van der Waals surface area contributed by atoms with Gasteiger partial charge in [-0.15, -0.1) is 11.8 Å². The van der Waals surface area contributed by atoms with Gasteiger partial charge in [0, 0.05) is 17.4 Å². The van der Waals surface area contributed by atoms with E-state index < -0.39 is 6.04 Å². The maximum atomic E-state index is 13.5. The van der Waals surface area contributed by atoms with Crippen LogP contribution in [0.3, 0.4) is 0 Å². The molecule has 3 atom stereocenters. The Balaban J connectivity index is 1.68. The molecule has 2 fully saturated rings. The van der Waals surface area contributed by atoms with Crippen molar-refractivity contribution >= 4 is 23.6 Å². The van der Waals surface area contributed by atoms with Crippen molar-refractivity contribution in [3.8, 4) is 0 Å². The minimum absolute atomic E-state index is 0.0107. The normalized spacial score (nSPS) is 22.5. The van der Waals surface area contributed by atoms with Gasteiger partial charge in [-0.05, 0) is 82.4 Å². The highest BCUT2D eigenvalue weighted by atomic mass is 32.2. The van der Waals surface area contributed by atoms with Crippen LogP contribution in [0.4, 0.5) is 4.39 Å². The van der Waals surface area contributed by atoms with E-state index in [1.807, 2.05) is 11.8 Å². The van der Waals surface area contributed by atoms with Gasteiger partial charge in [0.15, 0.2) is 0 Å². The van der Waals surface area contributed by atoms with E-state index in [1.54, 1.807) is 11.8 Å². The first-order valence-corrected chi connectivity index (χ1v) is 13.7. The summed E-state index contributed by atoms with van der Waals surface area (Å²) in [5.74, 6) is 0.444. The first-order chi connectivity index (χ1) is 15.9. The zero-order valence-electron chi connectivity index (χ0n) is 20.4. The van der Waals surface area contributed by atoms with E-state index >= 15 is 0 Å². The fourth-order valence-electron chi connectivity index (χ4n) is 5.08. The zero-order chi connectivity index (χ0) is 23.8. The summed E-state index contributed by atoms with van der Waals surface area (Å²) in [7, 11) is 0. The molecule has 1 heterocycles. The van der Waals surface area contributed by atoms with Crippen LogP contribution in [-0.2, 0) is 4.79 Å². The number of carbonyl (C=O) groups is 2. The molecule has 184 valence electrons. The number of nitrogens with one attached hydrogen (secondary N) is 1. The maximum Gasteiger partial charge on any atom is 0.255 e. The summed E-state index contributed by atoms with van der Waals surface area (Å²) in [5.41, 5.74) is 0.449. The average Bonchev–Trinajstić information content (AvgIpc) is 3.28. The van der Waals surface area contributed by atoms with Crippen molar-refractivity contribution in [1.82, 2.24) is 15.1 Å². The number of amides is 2. The number of nitrogens with zero attached hydrogens (tertiary/aromatic N) is 2. The number of halogens is 1. The van der Waals surface area contributed by atoms with Crippen molar-refractivity contribution in [1.29, 1.82) is 0 Å². The lowest BCUT2D eigenvalue weighted by Crippen LogP contribution is -2.52. The third-order valence-corrected chi connectivity index (χ3v) is 8.57.